The molecule has 0 saturated carbocycles. The van der Waals surface area contributed by atoms with Crippen molar-refractivity contribution in [1.82, 2.24) is 0 Å². The third-order valence-corrected chi connectivity index (χ3v) is 6.87. The van der Waals surface area contributed by atoms with Gasteiger partial charge in [0.15, 0.2) is 0 Å². The molecular weight excluding hydrogens is 460 g/mol. The molecule has 2 nitrogen and oxygen atoms in total. The quantitative estimate of drug-likeness (QED) is 0.0973. The molecule has 0 aliphatic heterocycles. The van der Waals surface area contributed by atoms with Crippen LogP contribution in [-0.4, -0.2) is 11.1 Å². The maximum Gasteiger partial charge on any atom is 0.303 e. The van der Waals surface area contributed by atoms with Crippen molar-refractivity contribution in [2.75, 3.05) is 0 Å². The molecule has 0 aliphatic carbocycles. The lowest BCUT2D eigenvalue weighted by Crippen LogP contribution is -1.92. The molecule has 0 aromatic carbocycles. The van der Waals surface area contributed by atoms with Crippen LogP contribution in [0.25, 0.3) is 0 Å². The molecule has 0 bridgehead atoms. The first-order chi connectivity index (χ1) is 15.7. The van der Waals surface area contributed by atoms with Crippen LogP contribution in [0.3, 0.4) is 0 Å². The third kappa shape index (κ3) is 27.5. The van der Waals surface area contributed by atoms with Gasteiger partial charge in [-0.15, -0.1) is 0 Å². The molecule has 0 atom stereocenters. The summed E-state index contributed by atoms with van der Waals surface area (Å²) in [5.74, 6) is -0.707. The second-order valence-corrected chi connectivity index (χ2v) is 10.4. The highest BCUT2D eigenvalue weighted by Gasteiger charge is 1.96. The second-order valence-electron chi connectivity index (χ2n) is 9.39. The van der Waals surface area contributed by atoms with Crippen LogP contribution in [0.2, 0.25) is 0 Å². The Morgan fingerprint density at radius 1 is 0.594 bits per heavy atom. The Kier molecular flexibility index (Phi) is 26.2. The van der Waals surface area contributed by atoms with Gasteiger partial charge in [0.1, 0.15) is 0 Å². The van der Waals surface area contributed by atoms with E-state index in [0.29, 0.717) is 0 Å². The van der Waals surface area contributed by atoms with Crippen LogP contribution >= 0.6 is 15.9 Å². The fraction of sp³-hybridized carbons (Fsp3) is 0.828. The summed E-state index contributed by atoms with van der Waals surface area (Å²) in [6.45, 7) is 2.29. The summed E-state index contributed by atoms with van der Waals surface area (Å²) in [4.78, 5) is 10.5. The van der Waals surface area contributed by atoms with Crippen molar-refractivity contribution in [3.8, 4) is 0 Å². The van der Waals surface area contributed by atoms with Gasteiger partial charge in [0.2, 0.25) is 0 Å². The summed E-state index contributed by atoms with van der Waals surface area (Å²) in [6, 6.07) is 0. The highest BCUT2D eigenvalue weighted by atomic mass is 79.9. The number of hydrogen-bond acceptors (Lipinski definition) is 1. The molecule has 188 valence electrons. The van der Waals surface area contributed by atoms with Crippen LogP contribution in [0.15, 0.2) is 22.7 Å². The lowest BCUT2D eigenvalue weighted by atomic mass is 10.0. The number of aliphatic carboxylic acids is 1. The molecular formula is C29H53BrO2. The molecule has 3 heteroatoms. The fourth-order valence-electron chi connectivity index (χ4n) is 4.06. The largest absolute Gasteiger partial charge is 0.481 e. The molecule has 0 aliphatic rings. The van der Waals surface area contributed by atoms with Crippen molar-refractivity contribution in [1.29, 1.82) is 0 Å². The number of rotatable bonds is 25. The lowest BCUT2D eigenvalue weighted by Gasteiger charge is -2.03. The average molecular weight is 514 g/mol. The summed E-state index contributed by atoms with van der Waals surface area (Å²) in [5, 5.41) is 8.63. The molecule has 0 radical (unpaired) electrons. The second kappa shape index (κ2) is 26.7. The molecule has 32 heavy (non-hydrogen) atoms. The first kappa shape index (κ1) is 31.4. The standard InChI is InChI=1S/C29H53BrO2/c1-2-3-4-5-6-7-8-9-10-11-12-13-14-15-16-17-18-19-20-21-22-25-28(30)26-23-24-27-29(31)32/h20-21,26H,2-19,22-25,27H2,1H3,(H,31,32). The first-order valence-electron chi connectivity index (χ1n) is 13.9. The zero-order chi connectivity index (χ0) is 23.5. The van der Waals surface area contributed by atoms with Gasteiger partial charge in [0.05, 0.1) is 0 Å². The van der Waals surface area contributed by atoms with Crippen molar-refractivity contribution < 1.29 is 9.90 Å². The lowest BCUT2D eigenvalue weighted by molar-refractivity contribution is -0.137. The molecule has 0 rings (SSSR count). The average Bonchev–Trinajstić information content (AvgIpc) is 2.77. The van der Waals surface area contributed by atoms with E-state index >= 15 is 0 Å². The topological polar surface area (TPSA) is 37.3 Å². The minimum Gasteiger partial charge on any atom is -0.481 e. The van der Waals surface area contributed by atoms with Gasteiger partial charge in [-0.25, -0.2) is 0 Å². The van der Waals surface area contributed by atoms with Gasteiger partial charge in [-0.2, -0.15) is 0 Å². The molecule has 0 fully saturated rings. The van der Waals surface area contributed by atoms with Crippen molar-refractivity contribution in [2.24, 2.45) is 0 Å². The Hall–Kier alpha value is -0.570. The molecule has 0 heterocycles. The normalized spacial score (nSPS) is 12.1. The smallest absolute Gasteiger partial charge is 0.303 e. The Balaban J connectivity index is 3.22. The summed E-state index contributed by atoms with van der Waals surface area (Å²) < 4.78 is 1.20. The molecule has 0 saturated heterocycles. The van der Waals surface area contributed by atoms with Crippen LogP contribution < -0.4 is 0 Å². The Labute approximate surface area is 208 Å². The SMILES string of the molecule is CCCCCCCCCCCCCCCCCCCC=CCCC(Br)=CCCCC(=O)O. The molecule has 0 aromatic rings. The van der Waals surface area contributed by atoms with E-state index in [2.05, 4.69) is 41.1 Å². The highest BCUT2D eigenvalue weighted by molar-refractivity contribution is 9.11. The summed E-state index contributed by atoms with van der Waals surface area (Å²) in [6.07, 6.45) is 36.1. The highest BCUT2D eigenvalue weighted by Crippen LogP contribution is 2.16. The van der Waals surface area contributed by atoms with E-state index in [4.69, 9.17) is 5.11 Å². The molecule has 0 unspecified atom stereocenters. The fourth-order valence-corrected chi connectivity index (χ4v) is 4.52. The minimum atomic E-state index is -0.707. The van der Waals surface area contributed by atoms with E-state index in [1.165, 1.54) is 120 Å². The number of carboxylic acid groups (broad SMARTS) is 1. The van der Waals surface area contributed by atoms with Crippen LogP contribution in [0.4, 0.5) is 0 Å². The van der Waals surface area contributed by atoms with Crippen LogP contribution in [0.5, 0.6) is 0 Å². The predicted octanol–water partition coefficient (Wildman–Crippen LogP) is 10.9. The van der Waals surface area contributed by atoms with Crippen molar-refractivity contribution >= 4 is 21.9 Å². The van der Waals surface area contributed by atoms with Crippen LogP contribution in [0, 0.1) is 0 Å². The van der Waals surface area contributed by atoms with E-state index in [9.17, 15) is 4.79 Å². The van der Waals surface area contributed by atoms with E-state index in [1.54, 1.807) is 0 Å². The van der Waals surface area contributed by atoms with Gasteiger partial charge < -0.3 is 5.11 Å². The van der Waals surface area contributed by atoms with Gasteiger partial charge in [-0.3, -0.25) is 4.79 Å². The van der Waals surface area contributed by atoms with Gasteiger partial charge in [0, 0.05) is 6.42 Å². The van der Waals surface area contributed by atoms with E-state index in [-0.39, 0.29) is 6.42 Å². The maximum atomic E-state index is 10.5. The number of unbranched alkanes of at least 4 members (excludes halogenated alkanes) is 18. The molecule has 0 amide bonds. The van der Waals surface area contributed by atoms with E-state index in [0.717, 1.165) is 25.7 Å². The van der Waals surface area contributed by atoms with Gasteiger partial charge >= 0.3 is 5.97 Å². The Morgan fingerprint density at radius 2 is 1.03 bits per heavy atom. The number of carboxylic acids is 1. The number of hydrogen-bond donors (Lipinski definition) is 1. The third-order valence-electron chi connectivity index (χ3n) is 6.15. The molecule has 0 spiro atoms. The zero-order valence-electron chi connectivity index (χ0n) is 21.2. The van der Waals surface area contributed by atoms with Crippen molar-refractivity contribution in [2.45, 2.75) is 155 Å². The number of halogens is 1. The van der Waals surface area contributed by atoms with E-state index < -0.39 is 5.97 Å². The Morgan fingerprint density at radius 3 is 1.50 bits per heavy atom. The van der Waals surface area contributed by atoms with Gasteiger partial charge in [-0.05, 0) is 43.0 Å². The van der Waals surface area contributed by atoms with Crippen molar-refractivity contribution in [3.63, 3.8) is 0 Å². The first-order valence-corrected chi connectivity index (χ1v) is 14.7. The molecule has 1 N–H and O–H groups in total. The number of allylic oxidation sites excluding steroid dienone is 4. The van der Waals surface area contributed by atoms with Gasteiger partial charge in [-0.1, -0.05) is 144 Å². The van der Waals surface area contributed by atoms with Crippen LogP contribution in [-0.2, 0) is 4.79 Å². The minimum absolute atomic E-state index is 0.260. The summed E-state index contributed by atoms with van der Waals surface area (Å²) in [7, 11) is 0. The summed E-state index contributed by atoms with van der Waals surface area (Å²) >= 11 is 3.58. The Bertz CT molecular complexity index is 456. The number of carbonyl (C=O) groups is 1. The maximum absolute atomic E-state index is 10.5. The molecule has 0 aromatic heterocycles. The van der Waals surface area contributed by atoms with Gasteiger partial charge in [0.25, 0.3) is 0 Å². The van der Waals surface area contributed by atoms with Crippen LogP contribution in [0.1, 0.15) is 155 Å². The van der Waals surface area contributed by atoms with E-state index in [1.807, 2.05) is 0 Å². The van der Waals surface area contributed by atoms with Crippen molar-refractivity contribution in [3.05, 3.63) is 22.7 Å². The monoisotopic (exact) mass is 512 g/mol. The zero-order valence-corrected chi connectivity index (χ0v) is 22.8. The predicted molar refractivity (Wildman–Crippen MR) is 146 cm³/mol. The summed E-state index contributed by atoms with van der Waals surface area (Å²) in [5.41, 5.74) is 0.